The van der Waals surface area contributed by atoms with Crippen molar-refractivity contribution >= 4 is 28.6 Å². The summed E-state index contributed by atoms with van der Waals surface area (Å²) in [7, 11) is 0. The lowest BCUT2D eigenvalue weighted by Gasteiger charge is -2.10. The number of fused-ring (bicyclic) bond motifs is 1. The highest BCUT2D eigenvalue weighted by molar-refractivity contribution is 6.03. The van der Waals surface area contributed by atoms with Gasteiger partial charge in [0.1, 0.15) is 5.75 Å². The quantitative estimate of drug-likeness (QED) is 0.522. The second kappa shape index (κ2) is 7.79. The molecule has 0 saturated carbocycles. The molecule has 0 atom stereocenters. The summed E-state index contributed by atoms with van der Waals surface area (Å²) in [5.41, 5.74) is 0.339. The van der Waals surface area contributed by atoms with Crippen molar-refractivity contribution in [1.29, 1.82) is 0 Å². The van der Waals surface area contributed by atoms with E-state index in [0.29, 0.717) is 10.9 Å². The van der Waals surface area contributed by atoms with Gasteiger partial charge in [-0.1, -0.05) is 30.3 Å². The van der Waals surface area contributed by atoms with Crippen LogP contribution >= 0.6 is 0 Å². The molecule has 4 N–H and O–H groups in total. The van der Waals surface area contributed by atoms with E-state index in [1.54, 1.807) is 18.2 Å². The van der Waals surface area contributed by atoms with Gasteiger partial charge in [-0.15, -0.1) is 0 Å². The van der Waals surface area contributed by atoms with Gasteiger partial charge < -0.3 is 20.6 Å². The summed E-state index contributed by atoms with van der Waals surface area (Å²) >= 11 is 0. The van der Waals surface area contributed by atoms with Crippen LogP contribution < -0.4 is 5.32 Å². The zero-order valence-corrected chi connectivity index (χ0v) is 14.7. The van der Waals surface area contributed by atoms with Gasteiger partial charge in [-0.25, -0.2) is 9.59 Å². The molecule has 7 heteroatoms. The molecule has 0 saturated heterocycles. The summed E-state index contributed by atoms with van der Waals surface area (Å²) < 4.78 is 0. The van der Waals surface area contributed by atoms with E-state index in [1.165, 1.54) is 18.2 Å². The van der Waals surface area contributed by atoms with Gasteiger partial charge in [0.15, 0.2) is 0 Å². The van der Waals surface area contributed by atoms with Crippen LogP contribution in [0.1, 0.15) is 36.6 Å². The normalized spacial score (nSPS) is 10.6. The Morgan fingerprint density at radius 1 is 0.857 bits per heavy atom. The zero-order valence-electron chi connectivity index (χ0n) is 14.7. The molecule has 0 radical (unpaired) electrons. The Balaban J connectivity index is 1.73. The minimum atomic E-state index is -1.23. The van der Waals surface area contributed by atoms with Crippen LogP contribution in [0.5, 0.6) is 5.75 Å². The number of aromatic hydroxyl groups is 1. The molecule has 0 heterocycles. The highest BCUT2D eigenvalue weighted by Gasteiger charge is 2.14. The summed E-state index contributed by atoms with van der Waals surface area (Å²) in [6.45, 7) is 0.146. The van der Waals surface area contributed by atoms with E-state index in [9.17, 15) is 19.5 Å². The molecule has 0 fully saturated rings. The molecule has 0 spiro atoms. The van der Waals surface area contributed by atoms with Gasteiger partial charge in [0, 0.05) is 11.9 Å². The van der Waals surface area contributed by atoms with Gasteiger partial charge in [0.05, 0.1) is 16.7 Å². The number of hydrogen-bond donors (Lipinski definition) is 4. The minimum absolute atomic E-state index is 0.114. The number of amides is 1. The van der Waals surface area contributed by atoms with Gasteiger partial charge in [-0.05, 0) is 41.6 Å². The Morgan fingerprint density at radius 3 is 2.14 bits per heavy atom. The lowest BCUT2D eigenvalue weighted by Crippen LogP contribution is -2.26. The Morgan fingerprint density at radius 2 is 1.50 bits per heavy atom. The topological polar surface area (TPSA) is 124 Å². The van der Waals surface area contributed by atoms with Gasteiger partial charge in [0.2, 0.25) is 0 Å². The van der Waals surface area contributed by atoms with Crippen molar-refractivity contribution in [3.05, 3.63) is 76.9 Å². The largest absolute Gasteiger partial charge is 0.506 e. The molecule has 7 nitrogen and oxygen atoms in total. The fourth-order valence-electron chi connectivity index (χ4n) is 2.94. The fourth-order valence-corrected chi connectivity index (χ4v) is 2.94. The molecule has 0 aromatic heterocycles. The second-order valence-electron chi connectivity index (χ2n) is 6.22. The first kappa shape index (κ1) is 18.9. The van der Waals surface area contributed by atoms with Gasteiger partial charge >= 0.3 is 11.9 Å². The van der Waals surface area contributed by atoms with E-state index in [-0.39, 0.29) is 35.4 Å². The summed E-state index contributed by atoms with van der Waals surface area (Å²) in [5.74, 6) is -3.04. The maximum Gasteiger partial charge on any atom is 0.335 e. The summed E-state index contributed by atoms with van der Waals surface area (Å²) in [5, 5.41) is 32.6. The van der Waals surface area contributed by atoms with E-state index in [1.807, 2.05) is 12.1 Å². The van der Waals surface area contributed by atoms with Crippen molar-refractivity contribution in [2.24, 2.45) is 0 Å². The number of carboxylic acids is 2. The van der Waals surface area contributed by atoms with Crippen molar-refractivity contribution < 1.29 is 29.7 Å². The number of rotatable bonds is 6. The average Bonchev–Trinajstić information content (AvgIpc) is 2.68. The third-order valence-corrected chi connectivity index (χ3v) is 4.33. The number of hydrogen-bond acceptors (Lipinski definition) is 4. The maximum atomic E-state index is 12.4. The van der Waals surface area contributed by atoms with Crippen molar-refractivity contribution in [2.45, 2.75) is 6.42 Å². The van der Waals surface area contributed by atoms with E-state index < -0.39 is 17.8 Å². The van der Waals surface area contributed by atoms with Gasteiger partial charge in [-0.3, -0.25) is 4.79 Å². The molecule has 28 heavy (non-hydrogen) atoms. The van der Waals surface area contributed by atoms with E-state index in [4.69, 9.17) is 10.2 Å². The summed E-state index contributed by atoms with van der Waals surface area (Å²) in [4.78, 5) is 34.7. The molecule has 0 aliphatic rings. The monoisotopic (exact) mass is 379 g/mol. The molecule has 0 aliphatic carbocycles. The number of phenolic OH excluding ortho intramolecular Hbond substituents is 1. The molecule has 3 aromatic carbocycles. The number of carbonyl (C=O) groups is 3. The standard InChI is InChI=1S/C21H17NO6/c23-18-16-4-2-1-3-13(16)5-6-17(18)19(24)22-8-7-12-9-14(20(25)26)11-15(10-12)21(27)28/h1-6,9-11,23H,7-8H2,(H,22,24)(H,25,26)(H,27,28). The average molecular weight is 379 g/mol. The summed E-state index contributed by atoms with van der Waals surface area (Å²) in [6.07, 6.45) is 0.238. The maximum absolute atomic E-state index is 12.4. The molecule has 1 amide bonds. The first-order valence-electron chi connectivity index (χ1n) is 8.46. The Kier molecular flexibility index (Phi) is 5.26. The van der Waals surface area contributed by atoms with Crippen molar-refractivity contribution in [2.75, 3.05) is 6.54 Å². The lowest BCUT2D eigenvalue weighted by atomic mass is 10.0. The zero-order chi connectivity index (χ0) is 20.3. The third-order valence-electron chi connectivity index (χ3n) is 4.33. The smallest absolute Gasteiger partial charge is 0.335 e. The molecule has 0 bridgehead atoms. The first-order valence-corrected chi connectivity index (χ1v) is 8.46. The number of benzene rings is 3. The lowest BCUT2D eigenvalue weighted by molar-refractivity contribution is 0.0696. The second-order valence-corrected chi connectivity index (χ2v) is 6.22. The van der Waals surface area contributed by atoms with E-state index in [2.05, 4.69) is 5.32 Å². The van der Waals surface area contributed by atoms with Crippen LogP contribution in [0, 0.1) is 0 Å². The highest BCUT2D eigenvalue weighted by Crippen LogP contribution is 2.28. The highest BCUT2D eigenvalue weighted by atomic mass is 16.4. The summed E-state index contributed by atoms with van der Waals surface area (Å²) in [6, 6.07) is 14.2. The van der Waals surface area contributed by atoms with Crippen LogP contribution in [0.3, 0.4) is 0 Å². The Hall–Kier alpha value is -3.87. The number of carbonyl (C=O) groups excluding carboxylic acids is 1. The van der Waals surface area contributed by atoms with E-state index in [0.717, 1.165) is 11.5 Å². The molecular formula is C21H17NO6. The van der Waals surface area contributed by atoms with Crippen molar-refractivity contribution in [1.82, 2.24) is 5.32 Å². The molecular weight excluding hydrogens is 362 g/mol. The predicted octanol–water partition coefficient (Wildman–Crippen LogP) is 2.91. The van der Waals surface area contributed by atoms with Crippen molar-refractivity contribution in [3.8, 4) is 5.75 Å². The fraction of sp³-hybridized carbons (Fsp3) is 0.0952. The van der Waals surface area contributed by atoms with Crippen LogP contribution in [0.4, 0.5) is 0 Å². The molecule has 142 valence electrons. The molecule has 0 aliphatic heterocycles. The van der Waals surface area contributed by atoms with Crippen LogP contribution in [-0.4, -0.2) is 39.7 Å². The van der Waals surface area contributed by atoms with Crippen LogP contribution in [0.2, 0.25) is 0 Å². The minimum Gasteiger partial charge on any atom is -0.506 e. The number of nitrogens with one attached hydrogen (secondary N) is 1. The van der Waals surface area contributed by atoms with Crippen LogP contribution in [0.15, 0.2) is 54.6 Å². The SMILES string of the molecule is O=C(O)c1cc(CCNC(=O)c2ccc3ccccc3c2O)cc(C(=O)O)c1. The molecule has 3 aromatic rings. The molecule has 0 unspecified atom stereocenters. The van der Waals surface area contributed by atoms with E-state index >= 15 is 0 Å². The molecule has 3 rings (SSSR count). The predicted molar refractivity (Wildman–Crippen MR) is 102 cm³/mol. The van der Waals surface area contributed by atoms with Crippen molar-refractivity contribution in [3.63, 3.8) is 0 Å². The van der Waals surface area contributed by atoms with Gasteiger partial charge in [0.25, 0.3) is 5.91 Å². The number of aromatic carboxylic acids is 2. The number of phenols is 1. The van der Waals surface area contributed by atoms with Gasteiger partial charge in [-0.2, -0.15) is 0 Å². The Labute approximate surface area is 159 Å². The Bertz CT molecular complexity index is 1060. The first-order chi connectivity index (χ1) is 13.4. The van der Waals surface area contributed by atoms with Crippen LogP contribution in [-0.2, 0) is 6.42 Å². The number of carboxylic acid groups (broad SMARTS) is 2. The van der Waals surface area contributed by atoms with Crippen LogP contribution in [0.25, 0.3) is 10.8 Å². The third kappa shape index (κ3) is 3.93.